The quantitative estimate of drug-likeness (QED) is 0.396. The Morgan fingerprint density at radius 1 is 0.920 bits per heavy atom. The van der Waals surface area contributed by atoms with Gasteiger partial charge in [0, 0.05) is 32.3 Å². The Balaban J connectivity index is 3.70. The van der Waals surface area contributed by atoms with Gasteiger partial charge in [-0.1, -0.05) is 13.8 Å². The highest BCUT2D eigenvalue weighted by Gasteiger charge is 2.20. The van der Waals surface area contributed by atoms with Crippen molar-refractivity contribution in [1.82, 2.24) is 5.32 Å². The van der Waals surface area contributed by atoms with E-state index in [1.807, 2.05) is 0 Å². The second-order valence-corrected chi connectivity index (χ2v) is 5.55. The number of ether oxygens (including phenoxy) is 2. The second kappa shape index (κ2) is 14.5. The summed E-state index contributed by atoms with van der Waals surface area (Å²) < 4.78 is 10.4. The van der Waals surface area contributed by atoms with Crippen molar-refractivity contribution >= 4 is 23.4 Å². The summed E-state index contributed by atoms with van der Waals surface area (Å²) in [5.41, 5.74) is 0. The van der Waals surface area contributed by atoms with Crippen molar-refractivity contribution in [3.05, 3.63) is 0 Å². The number of aliphatic carboxylic acids is 1. The van der Waals surface area contributed by atoms with E-state index in [0.29, 0.717) is 39.1 Å². The number of ketones is 2. The summed E-state index contributed by atoms with van der Waals surface area (Å²) in [6, 6.07) is -1.03. The fourth-order valence-corrected chi connectivity index (χ4v) is 1.86. The molecule has 0 saturated carbocycles. The topological polar surface area (TPSA) is 119 Å². The van der Waals surface area contributed by atoms with Crippen LogP contribution in [0.25, 0.3) is 0 Å². The molecule has 0 bridgehead atoms. The first kappa shape index (κ1) is 23.2. The molecule has 0 heterocycles. The first-order chi connectivity index (χ1) is 11.9. The van der Waals surface area contributed by atoms with Gasteiger partial charge in [0.15, 0.2) is 5.78 Å². The van der Waals surface area contributed by atoms with E-state index in [9.17, 15) is 19.2 Å². The van der Waals surface area contributed by atoms with E-state index in [4.69, 9.17) is 14.6 Å². The lowest BCUT2D eigenvalue weighted by Gasteiger charge is -2.13. The fraction of sp³-hybridized carbons (Fsp3) is 0.765. The predicted molar refractivity (Wildman–Crippen MR) is 90.3 cm³/mol. The van der Waals surface area contributed by atoms with Gasteiger partial charge in [0.1, 0.15) is 18.4 Å². The number of hydrogen-bond acceptors (Lipinski definition) is 6. The number of carboxylic acids is 1. The van der Waals surface area contributed by atoms with Crippen molar-refractivity contribution in [3.63, 3.8) is 0 Å². The van der Waals surface area contributed by atoms with Crippen molar-refractivity contribution < 1.29 is 33.8 Å². The molecule has 1 amide bonds. The van der Waals surface area contributed by atoms with Gasteiger partial charge in [0.05, 0.1) is 13.2 Å². The highest BCUT2D eigenvalue weighted by atomic mass is 16.5. The average Bonchev–Trinajstić information content (AvgIpc) is 2.59. The minimum absolute atomic E-state index is 0.0420. The maximum absolute atomic E-state index is 11.7. The van der Waals surface area contributed by atoms with Crippen LogP contribution in [0.2, 0.25) is 0 Å². The smallest absolute Gasteiger partial charge is 0.326 e. The molecule has 0 rings (SSSR count). The Morgan fingerprint density at radius 2 is 1.60 bits per heavy atom. The number of rotatable bonds is 16. The summed E-state index contributed by atoms with van der Waals surface area (Å²) in [5, 5.41) is 11.4. The third kappa shape index (κ3) is 13.2. The molecular weight excluding hydrogens is 330 g/mol. The number of carboxylic acid groups (broad SMARTS) is 1. The lowest BCUT2D eigenvalue weighted by molar-refractivity contribution is -0.142. The van der Waals surface area contributed by atoms with Crippen LogP contribution in [0.3, 0.4) is 0 Å². The van der Waals surface area contributed by atoms with Crippen molar-refractivity contribution in [1.29, 1.82) is 0 Å². The number of hydrogen-bond donors (Lipinski definition) is 2. The molecule has 1 unspecified atom stereocenters. The zero-order chi connectivity index (χ0) is 19.1. The summed E-state index contributed by atoms with van der Waals surface area (Å²) in [6.07, 6.45) is 1.66. The van der Waals surface area contributed by atoms with Crippen LogP contribution in [-0.2, 0) is 28.7 Å². The van der Waals surface area contributed by atoms with E-state index in [1.165, 1.54) is 0 Å². The van der Waals surface area contributed by atoms with Crippen molar-refractivity contribution in [2.75, 3.05) is 26.4 Å². The molecule has 0 aliphatic rings. The highest BCUT2D eigenvalue weighted by Crippen LogP contribution is 2.04. The number of amides is 1. The maximum atomic E-state index is 11.7. The first-order valence-corrected chi connectivity index (χ1v) is 8.61. The van der Waals surface area contributed by atoms with E-state index in [-0.39, 0.29) is 43.3 Å². The Labute approximate surface area is 148 Å². The molecule has 0 fully saturated rings. The summed E-state index contributed by atoms with van der Waals surface area (Å²) in [5.74, 6) is -1.51. The normalized spacial score (nSPS) is 11.8. The van der Waals surface area contributed by atoms with Crippen molar-refractivity contribution in [3.8, 4) is 0 Å². The molecule has 8 heteroatoms. The van der Waals surface area contributed by atoms with Gasteiger partial charge in [0.2, 0.25) is 5.91 Å². The molecule has 144 valence electrons. The number of carbonyl (C=O) groups excluding carboxylic acids is 3. The molecular formula is C17H29NO7. The zero-order valence-corrected chi connectivity index (χ0v) is 15.0. The van der Waals surface area contributed by atoms with Crippen molar-refractivity contribution in [2.45, 2.75) is 58.4 Å². The molecule has 0 radical (unpaired) electrons. The van der Waals surface area contributed by atoms with Gasteiger partial charge in [-0.25, -0.2) is 4.79 Å². The van der Waals surface area contributed by atoms with Gasteiger partial charge in [0.25, 0.3) is 0 Å². The van der Waals surface area contributed by atoms with Crippen LogP contribution in [-0.4, -0.2) is 61.0 Å². The van der Waals surface area contributed by atoms with Gasteiger partial charge in [-0.15, -0.1) is 0 Å². The number of Topliss-reactive ketones (excluding diaryl/α,β-unsaturated/α-hetero) is 2. The van der Waals surface area contributed by atoms with Crippen LogP contribution < -0.4 is 5.32 Å². The third-order valence-electron chi connectivity index (χ3n) is 3.44. The summed E-state index contributed by atoms with van der Waals surface area (Å²) in [6.45, 7) is 4.58. The van der Waals surface area contributed by atoms with Gasteiger partial charge in [-0.2, -0.15) is 0 Å². The second-order valence-electron chi connectivity index (χ2n) is 5.55. The SMILES string of the molecule is CCC(=O)COCCOCCCC(=O)CCC(NC(=O)CC)C(=O)O. The van der Waals surface area contributed by atoms with Gasteiger partial charge in [-0.05, 0) is 12.8 Å². The van der Waals surface area contributed by atoms with Crippen LogP contribution in [0.15, 0.2) is 0 Å². The molecule has 0 aliphatic heterocycles. The van der Waals surface area contributed by atoms with Gasteiger partial charge >= 0.3 is 5.97 Å². The minimum Gasteiger partial charge on any atom is -0.480 e. The largest absolute Gasteiger partial charge is 0.480 e. The Morgan fingerprint density at radius 3 is 2.20 bits per heavy atom. The maximum Gasteiger partial charge on any atom is 0.326 e. The summed E-state index contributed by atoms with van der Waals surface area (Å²) in [7, 11) is 0. The zero-order valence-electron chi connectivity index (χ0n) is 15.0. The van der Waals surface area contributed by atoms with Crippen LogP contribution in [0.4, 0.5) is 0 Å². The van der Waals surface area contributed by atoms with Gasteiger partial charge < -0.3 is 19.9 Å². The van der Waals surface area contributed by atoms with Crippen LogP contribution >= 0.6 is 0 Å². The number of carbonyl (C=O) groups is 4. The Kier molecular flexibility index (Phi) is 13.5. The van der Waals surface area contributed by atoms with Crippen LogP contribution in [0, 0.1) is 0 Å². The summed E-state index contributed by atoms with van der Waals surface area (Å²) in [4.78, 5) is 45.0. The van der Waals surface area contributed by atoms with E-state index < -0.39 is 12.0 Å². The standard InChI is InChI=1S/C17H29NO7/c1-3-13(19)12-25-11-10-24-9-5-6-14(20)7-8-15(17(22)23)18-16(21)4-2/h15H,3-12H2,1-2H3,(H,18,21)(H,22,23). The molecule has 25 heavy (non-hydrogen) atoms. The monoisotopic (exact) mass is 359 g/mol. The van der Waals surface area contributed by atoms with E-state index >= 15 is 0 Å². The highest BCUT2D eigenvalue weighted by molar-refractivity contribution is 5.84. The van der Waals surface area contributed by atoms with E-state index in [2.05, 4.69) is 5.32 Å². The minimum atomic E-state index is -1.14. The van der Waals surface area contributed by atoms with E-state index in [0.717, 1.165) is 0 Å². The Bertz CT molecular complexity index is 437. The Hall–Kier alpha value is -1.80. The molecule has 1 atom stereocenters. The van der Waals surface area contributed by atoms with Crippen LogP contribution in [0.5, 0.6) is 0 Å². The average molecular weight is 359 g/mol. The lowest BCUT2D eigenvalue weighted by atomic mass is 10.1. The predicted octanol–water partition coefficient (Wildman–Crippen LogP) is 1.11. The third-order valence-corrected chi connectivity index (χ3v) is 3.44. The molecule has 0 aromatic carbocycles. The fourth-order valence-electron chi connectivity index (χ4n) is 1.86. The lowest BCUT2D eigenvalue weighted by Crippen LogP contribution is -2.40. The molecule has 0 aromatic heterocycles. The number of nitrogens with one attached hydrogen (secondary N) is 1. The van der Waals surface area contributed by atoms with Gasteiger partial charge in [-0.3, -0.25) is 14.4 Å². The molecule has 2 N–H and O–H groups in total. The first-order valence-electron chi connectivity index (χ1n) is 8.61. The van der Waals surface area contributed by atoms with Crippen LogP contribution in [0.1, 0.15) is 52.4 Å². The molecule has 0 spiro atoms. The van der Waals surface area contributed by atoms with Crippen molar-refractivity contribution in [2.24, 2.45) is 0 Å². The molecule has 0 aromatic rings. The molecule has 0 saturated heterocycles. The summed E-state index contributed by atoms with van der Waals surface area (Å²) >= 11 is 0. The van der Waals surface area contributed by atoms with E-state index in [1.54, 1.807) is 13.8 Å². The molecule has 8 nitrogen and oxygen atoms in total. The molecule has 0 aliphatic carbocycles.